The molecule has 0 radical (unpaired) electrons. The summed E-state index contributed by atoms with van der Waals surface area (Å²) >= 11 is 0. The minimum absolute atomic E-state index is 0.188. The summed E-state index contributed by atoms with van der Waals surface area (Å²) in [6, 6.07) is 5.31. The van der Waals surface area contributed by atoms with Crippen LogP contribution in [0.15, 0.2) is 36.7 Å². The molecule has 2 aromatic rings. The zero-order chi connectivity index (χ0) is 12.5. The second-order valence-electron chi connectivity index (χ2n) is 3.82. The van der Waals surface area contributed by atoms with Crippen LogP contribution in [-0.2, 0) is 6.18 Å². The molecule has 0 spiro atoms. The van der Waals surface area contributed by atoms with Crippen molar-refractivity contribution < 1.29 is 13.2 Å². The van der Waals surface area contributed by atoms with Gasteiger partial charge in [0.15, 0.2) is 0 Å². The van der Waals surface area contributed by atoms with Crippen LogP contribution in [0.4, 0.5) is 13.2 Å². The number of imidazole rings is 1. The Morgan fingerprint density at radius 2 is 2.06 bits per heavy atom. The molecule has 0 bridgehead atoms. The highest BCUT2D eigenvalue weighted by molar-refractivity contribution is 5.31. The van der Waals surface area contributed by atoms with Gasteiger partial charge in [0.25, 0.3) is 0 Å². The Labute approximate surface area is 96.5 Å². The summed E-state index contributed by atoms with van der Waals surface area (Å²) in [5, 5.41) is 0. The Kier molecular flexibility index (Phi) is 2.92. The molecule has 2 rings (SSSR count). The highest BCUT2D eigenvalue weighted by Gasteiger charge is 2.30. The Hall–Kier alpha value is -1.78. The van der Waals surface area contributed by atoms with E-state index in [1.807, 2.05) is 6.92 Å². The van der Waals surface area contributed by atoms with Crippen LogP contribution < -0.4 is 0 Å². The number of halogens is 3. The van der Waals surface area contributed by atoms with Gasteiger partial charge >= 0.3 is 6.18 Å². The van der Waals surface area contributed by atoms with E-state index < -0.39 is 11.7 Å². The number of aromatic nitrogens is 2. The number of aromatic amines is 1. The number of nitrogens with one attached hydrogen (secondary N) is 1. The summed E-state index contributed by atoms with van der Waals surface area (Å²) in [6.45, 7) is 1.81. The van der Waals surface area contributed by atoms with Crippen molar-refractivity contribution in [2.75, 3.05) is 0 Å². The SMILES string of the molecule is CC(c1cccc(C(F)(F)F)c1)c1ncc[nH]1. The van der Waals surface area contributed by atoms with Crippen molar-refractivity contribution in [1.29, 1.82) is 0 Å². The zero-order valence-corrected chi connectivity index (χ0v) is 9.12. The van der Waals surface area contributed by atoms with Gasteiger partial charge in [-0.1, -0.05) is 25.1 Å². The van der Waals surface area contributed by atoms with Gasteiger partial charge in [0.2, 0.25) is 0 Å². The first kappa shape index (κ1) is 11.7. The van der Waals surface area contributed by atoms with Gasteiger partial charge in [-0.3, -0.25) is 0 Å². The van der Waals surface area contributed by atoms with E-state index in [2.05, 4.69) is 9.97 Å². The average molecular weight is 240 g/mol. The minimum atomic E-state index is -4.31. The van der Waals surface area contributed by atoms with Crippen molar-refractivity contribution in [2.45, 2.75) is 19.0 Å². The summed E-state index contributed by atoms with van der Waals surface area (Å²) in [4.78, 5) is 6.95. The van der Waals surface area contributed by atoms with Crippen LogP contribution >= 0.6 is 0 Å². The molecule has 2 nitrogen and oxygen atoms in total. The maximum Gasteiger partial charge on any atom is 0.416 e. The Bertz CT molecular complexity index is 489. The summed E-state index contributed by atoms with van der Waals surface area (Å²) in [6.07, 6.45) is -1.07. The highest BCUT2D eigenvalue weighted by atomic mass is 19.4. The standard InChI is InChI=1S/C12H11F3N2/c1-8(11-16-5-6-17-11)9-3-2-4-10(7-9)12(13,14)15/h2-8H,1H3,(H,16,17). The molecular weight excluding hydrogens is 229 g/mol. The van der Waals surface area contributed by atoms with Crippen molar-refractivity contribution in [3.05, 3.63) is 53.6 Å². The lowest BCUT2D eigenvalue weighted by Gasteiger charge is -2.12. The van der Waals surface area contributed by atoms with E-state index in [0.29, 0.717) is 11.4 Å². The molecule has 1 aromatic heterocycles. The van der Waals surface area contributed by atoms with Gasteiger partial charge < -0.3 is 4.98 Å². The smallest absolute Gasteiger partial charge is 0.348 e. The molecule has 5 heteroatoms. The summed E-state index contributed by atoms with van der Waals surface area (Å²) < 4.78 is 37.7. The lowest BCUT2D eigenvalue weighted by atomic mass is 9.98. The topological polar surface area (TPSA) is 28.7 Å². The maximum atomic E-state index is 12.6. The van der Waals surface area contributed by atoms with Crippen LogP contribution in [0.2, 0.25) is 0 Å². The maximum absolute atomic E-state index is 12.6. The van der Waals surface area contributed by atoms with E-state index >= 15 is 0 Å². The molecule has 0 aliphatic carbocycles. The minimum Gasteiger partial charge on any atom is -0.348 e. The molecule has 0 fully saturated rings. The van der Waals surface area contributed by atoms with Crippen molar-refractivity contribution in [3.63, 3.8) is 0 Å². The third-order valence-electron chi connectivity index (χ3n) is 2.64. The van der Waals surface area contributed by atoms with Crippen molar-refractivity contribution in [2.24, 2.45) is 0 Å². The third kappa shape index (κ3) is 2.49. The number of rotatable bonds is 2. The first-order valence-electron chi connectivity index (χ1n) is 5.15. The first-order chi connectivity index (χ1) is 7.98. The summed E-state index contributed by atoms with van der Waals surface area (Å²) in [5.74, 6) is 0.469. The van der Waals surface area contributed by atoms with Gasteiger partial charge in [0.1, 0.15) is 5.82 Å². The molecule has 90 valence electrons. The number of hydrogen-bond acceptors (Lipinski definition) is 1. The van der Waals surface area contributed by atoms with Crippen LogP contribution in [0.3, 0.4) is 0 Å². The van der Waals surface area contributed by atoms with Gasteiger partial charge in [-0.2, -0.15) is 13.2 Å². The molecule has 0 aliphatic rings. The first-order valence-corrected chi connectivity index (χ1v) is 5.15. The van der Waals surface area contributed by atoms with Gasteiger partial charge in [-0.15, -0.1) is 0 Å². The second kappa shape index (κ2) is 4.24. The molecule has 0 saturated carbocycles. The molecule has 1 unspecified atom stereocenters. The van der Waals surface area contributed by atoms with E-state index in [-0.39, 0.29) is 5.92 Å². The monoisotopic (exact) mass is 240 g/mol. The summed E-state index contributed by atoms with van der Waals surface area (Å²) in [7, 11) is 0. The molecule has 1 heterocycles. The average Bonchev–Trinajstić information content (AvgIpc) is 2.80. The van der Waals surface area contributed by atoms with Crippen molar-refractivity contribution in [3.8, 4) is 0 Å². The molecular formula is C12H11F3N2. The van der Waals surface area contributed by atoms with E-state index in [4.69, 9.17) is 0 Å². The van der Waals surface area contributed by atoms with E-state index in [1.54, 1.807) is 18.5 Å². The van der Waals surface area contributed by atoms with Gasteiger partial charge in [-0.05, 0) is 11.6 Å². The molecule has 0 saturated heterocycles. The van der Waals surface area contributed by atoms with Gasteiger partial charge in [-0.25, -0.2) is 4.98 Å². The quantitative estimate of drug-likeness (QED) is 0.853. The van der Waals surface area contributed by atoms with E-state index in [9.17, 15) is 13.2 Å². The molecule has 17 heavy (non-hydrogen) atoms. The lowest BCUT2D eigenvalue weighted by Crippen LogP contribution is -2.07. The largest absolute Gasteiger partial charge is 0.416 e. The van der Waals surface area contributed by atoms with E-state index in [0.717, 1.165) is 12.1 Å². The zero-order valence-electron chi connectivity index (χ0n) is 9.12. The van der Waals surface area contributed by atoms with Crippen LogP contribution in [-0.4, -0.2) is 9.97 Å². The van der Waals surface area contributed by atoms with Crippen molar-refractivity contribution >= 4 is 0 Å². The predicted molar refractivity (Wildman–Crippen MR) is 57.5 cm³/mol. The second-order valence-corrected chi connectivity index (χ2v) is 3.82. The number of hydrogen-bond donors (Lipinski definition) is 1. The lowest BCUT2D eigenvalue weighted by molar-refractivity contribution is -0.137. The van der Waals surface area contributed by atoms with Crippen LogP contribution in [0, 0.1) is 0 Å². The molecule has 0 aliphatic heterocycles. The fourth-order valence-electron chi connectivity index (χ4n) is 1.66. The Morgan fingerprint density at radius 1 is 1.29 bits per heavy atom. The number of H-pyrrole nitrogens is 1. The van der Waals surface area contributed by atoms with Gasteiger partial charge in [0, 0.05) is 18.3 Å². The summed E-state index contributed by atoms with van der Waals surface area (Å²) in [5.41, 5.74) is -0.0387. The Balaban J connectivity index is 2.34. The van der Waals surface area contributed by atoms with Gasteiger partial charge in [0.05, 0.1) is 5.56 Å². The highest BCUT2D eigenvalue weighted by Crippen LogP contribution is 2.31. The molecule has 1 aromatic carbocycles. The van der Waals surface area contributed by atoms with E-state index in [1.165, 1.54) is 6.07 Å². The van der Waals surface area contributed by atoms with Crippen LogP contribution in [0.1, 0.15) is 29.8 Å². The molecule has 0 amide bonds. The molecule has 1 atom stereocenters. The van der Waals surface area contributed by atoms with Crippen LogP contribution in [0.25, 0.3) is 0 Å². The third-order valence-corrected chi connectivity index (χ3v) is 2.64. The normalized spacial score (nSPS) is 13.6. The number of alkyl halides is 3. The predicted octanol–water partition coefficient (Wildman–Crippen LogP) is 3.58. The number of nitrogens with zero attached hydrogens (tertiary/aromatic N) is 1. The fraction of sp³-hybridized carbons (Fsp3) is 0.250. The number of benzene rings is 1. The molecule has 1 N–H and O–H groups in total. The Morgan fingerprint density at radius 3 is 2.65 bits per heavy atom. The fourth-order valence-corrected chi connectivity index (χ4v) is 1.66. The van der Waals surface area contributed by atoms with Crippen molar-refractivity contribution in [1.82, 2.24) is 9.97 Å². The van der Waals surface area contributed by atoms with Crippen LogP contribution in [0.5, 0.6) is 0 Å².